The van der Waals surface area contributed by atoms with Gasteiger partial charge in [-0.3, -0.25) is 4.98 Å². The van der Waals surface area contributed by atoms with Gasteiger partial charge in [-0.25, -0.2) is 0 Å². The van der Waals surface area contributed by atoms with Crippen LogP contribution in [0.1, 0.15) is 26.3 Å². The van der Waals surface area contributed by atoms with Crippen molar-refractivity contribution in [3.8, 4) is 0 Å². The standard InChI is InChI=1S/C10H15N/c1-10(2,3)8-9-4-6-11-7-5-9/h4-7H,8H2,1-3H3. The monoisotopic (exact) mass is 149 g/mol. The fourth-order valence-corrected chi connectivity index (χ4v) is 1.11. The van der Waals surface area contributed by atoms with E-state index in [9.17, 15) is 0 Å². The maximum absolute atomic E-state index is 3.98. The second-order valence-corrected chi connectivity index (χ2v) is 4.09. The molecule has 0 bridgehead atoms. The molecule has 0 aliphatic rings. The molecule has 0 atom stereocenters. The van der Waals surface area contributed by atoms with E-state index >= 15 is 0 Å². The Hall–Kier alpha value is -0.850. The molecule has 0 aromatic carbocycles. The van der Waals surface area contributed by atoms with E-state index in [-0.39, 0.29) is 0 Å². The fourth-order valence-electron chi connectivity index (χ4n) is 1.11. The van der Waals surface area contributed by atoms with Gasteiger partial charge in [0, 0.05) is 12.4 Å². The Labute approximate surface area is 68.5 Å². The highest BCUT2D eigenvalue weighted by atomic mass is 14.6. The molecule has 0 N–H and O–H groups in total. The Kier molecular flexibility index (Phi) is 2.28. The van der Waals surface area contributed by atoms with Crippen LogP contribution in [-0.4, -0.2) is 4.98 Å². The van der Waals surface area contributed by atoms with Gasteiger partial charge in [-0.15, -0.1) is 0 Å². The largest absolute Gasteiger partial charge is 0.265 e. The molecule has 0 saturated carbocycles. The predicted molar refractivity (Wildman–Crippen MR) is 47.4 cm³/mol. The third-order valence-corrected chi connectivity index (χ3v) is 1.48. The summed E-state index contributed by atoms with van der Waals surface area (Å²) in [7, 11) is 0. The van der Waals surface area contributed by atoms with Crippen LogP contribution in [0, 0.1) is 5.41 Å². The highest BCUT2D eigenvalue weighted by Crippen LogP contribution is 2.19. The van der Waals surface area contributed by atoms with Crippen LogP contribution >= 0.6 is 0 Å². The molecule has 1 aromatic rings. The third kappa shape index (κ3) is 3.17. The molecule has 0 spiro atoms. The maximum atomic E-state index is 3.98. The Balaban J connectivity index is 2.66. The smallest absolute Gasteiger partial charge is 0.0270 e. The summed E-state index contributed by atoms with van der Waals surface area (Å²) in [6.07, 6.45) is 4.82. The van der Waals surface area contributed by atoms with Crippen molar-refractivity contribution in [2.75, 3.05) is 0 Å². The quantitative estimate of drug-likeness (QED) is 0.598. The van der Waals surface area contributed by atoms with E-state index in [1.54, 1.807) is 0 Å². The summed E-state index contributed by atoms with van der Waals surface area (Å²) >= 11 is 0. The van der Waals surface area contributed by atoms with Crippen LogP contribution in [0.3, 0.4) is 0 Å². The van der Waals surface area contributed by atoms with E-state index in [4.69, 9.17) is 0 Å². The lowest BCUT2D eigenvalue weighted by atomic mass is 9.89. The van der Waals surface area contributed by atoms with Gasteiger partial charge < -0.3 is 0 Å². The third-order valence-electron chi connectivity index (χ3n) is 1.48. The first-order valence-corrected chi connectivity index (χ1v) is 3.97. The average Bonchev–Trinajstić information content (AvgIpc) is 1.85. The van der Waals surface area contributed by atoms with Crippen LogP contribution in [0.5, 0.6) is 0 Å². The molecule has 0 saturated heterocycles. The van der Waals surface area contributed by atoms with Gasteiger partial charge in [0.05, 0.1) is 0 Å². The van der Waals surface area contributed by atoms with Crippen molar-refractivity contribution < 1.29 is 0 Å². The summed E-state index contributed by atoms with van der Waals surface area (Å²) in [5.41, 5.74) is 1.74. The summed E-state index contributed by atoms with van der Waals surface area (Å²) in [6.45, 7) is 6.73. The van der Waals surface area contributed by atoms with E-state index in [0.29, 0.717) is 5.41 Å². The van der Waals surface area contributed by atoms with Crippen molar-refractivity contribution in [2.45, 2.75) is 27.2 Å². The van der Waals surface area contributed by atoms with E-state index in [2.05, 4.69) is 37.9 Å². The van der Waals surface area contributed by atoms with E-state index < -0.39 is 0 Å². The van der Waals surface area contributed by atoms with Crippen LogP contribution in [0.4, 0.5) is 0 Å². The maximum Gasteiger partial charge on any atom is 0.0270 e. The molecule has 60 valence electrons. The minimum atomic E-state index is 0.376. The van der Waals surface area contributed by atoms with E-state index in [1.807, 2.05) is 12.4 Å². The van der Waals surface area contributed by atoms with Crippen LogP contribution in [0.25, 0.3) is 0 Å². The van der Waals surface area contributed by atoms with Crippen molar-refractivity contribution in [3.05, 3.63) is 30.1 Å². The Morgan fingerprint density at radius 1 is 1.18 bits per heavy atom. The van der Waals surface area contributed by atoms with Crippen molar-refractivity contribution >= 4 is 0 Å². The van der Waals surface area contributed by atoms with Crippen molar-refractivity contribution in [1.29, 1.82) is 0 Å². The van der Waals surface area contributed by atoms with Crippen molar-refractivity contribution in [2.24, 2.45) is 5.41 Å². The minimum Gasteiger partial charge on any atom is -0.265 e. The molecule has 0 amide bonds. The van der Waals surface area contributed by atoms with Gasteiger partial charge in [0.15, 0.2) is 0 Å². The van der Waals surface area contributed by atoms with E-state index in [1.165, 1.54) is 5.56 Å². The Morgan fingerprint density at radius 2 is 1.73 bits per heavy atom. The molecule has 0 fully saturated rings. The van der Waals surface area contributed by atoms with Crippen molar-refractivity contribution in [3.63, 3.8) is 0 Å². The molecule has 1 rings (SSSR count). The molecule has 0 unspecified atom stereocenters. The minimum absolute atomic E-state index is 0.376. The fraction of sp³-hybridized carbons (Fsp3) is 0.500. The van der Waals surface area contributed by atoms with E-state index in [0.717, 1.165) is 6.42 Å². The molecule has 0 aliphatic heterocycles. The highest BCUT2D eigenvalue weighted by Gasteiger charge is 2.10. The normalized spacial score (nSPS) is 11.5. The lowest BCUT2D eigenvalue weighted by Crippen LogP contribution is -2.08. The Bertz CT molecular complexity index is 208. The zero-order valence-corrected chi connectivity index (χ0v) is 7.46. The Morgan fingerprint density at radius 3 is 2.18 bits per heavy atom. The second-order valence-electron chi connectivity index (χ2n) is 4.09. The number of aromatic nitrogens is 1. The van der Waals surface area contributed by atoms with Gasteiger partial charge in [0.2, 0.25) is 0 Å². The van der Waals surface area contributed by atoms with Gasteiger partial charge in [-0.05, 0) is 29.5 Å². The van der Waals surface area contributed by atoms with Gasteiger partial charge in [-0.1, -0.05) is 20.8 Å². The lowest BCUT2D eigenvalue weighted by molar-refractivity contribution is 0.411. The topological polar surface area (TPSA) is 12.9 Å². The SMILES string of the molecule is CC(C)(C)Cc1ccncc1. The zero-order valence-electron chi connectivity index (χ0n) is 7.46. The molecule has 1 heteroatoms. The number of hydrogen-bond acceptors (Lipinski definition) is 1. The average molecular weight is 149 g/mol. The van der Waals surface area contributed by atoms with Crippen LogP contribution < -0.4 is 0 Å². The van der Waals surface area contributed by atoms with Gasteiger partial charge >= 0.3 is 0 Å². The molecule has 11 heavy (non-hydrogen) atoms. The molecule has 1 aromatic heterocycles. The molecule has 0 aliphatic carbocycles. The first kappa shape index (κ1) is 8.25. The summed E-state index contributed by atoms with van der Waals surface area (Å²) in [5, 5.41) is 0. The highest BCUT2D eigenvalue weighted by molar-refractivity contribution is 5.11. The number of hydrogen-bond donors (Lipinski definition) is 0. The zero-order chi connectivity index (χ0) is 8.32. The number of rotatable bonds is 1. The van der Waals surface area contributed by atoms with Crippen LogP contribution in [0.15, 0.2) is 24.5 Å². The first-order valence-electron chi connectivity index (χ1n) is 3.97. The first-order chi connectivity index (χ1) is 5.08. The van der Waals surface area contributed by atoms with Crippen molar-refractivity contribution in [1.82, 2.24) is 4.98 Å². The number of pyridine rings is 1. The van der Waals surface area contributed by atoms with Gasteiger partial charge in [-0.2, -0.15) is 0 Å². The molecule has 1 nitrogen and oxygen atoms in total. The van der Waals surface area contributed by atoms with Crippen LogP contribution in [0.2, 0.25) is 0 Å². The second kappa shape index (κ2) is 3.04. The summed E-state index contributed by atoms with van der Waals surface area (Å²) < 4.78 is 0. The summed E-state index contributed by atoms with van der Waals surface area (Å²) in [6, 6.07) is 4.15. The number of nitrogens with zero attached hydrogens (tertiary/aromatic N) is 1. The molecular formula is C10H15N. The lowest BCUT2D eigenvalue weighted by Gasteiger charge is -2.17. The van der Waals surface area contributed by atoms with Crippen LogP contribution in [-0.2, 0) is 6.42 Å². The van der Waals surface area contributed by atoms with Gasteiger partial charge in [0.1, 0.15) is 0 Å². The predicted octanol–water partition coefficient (Wildman–Crippen LogP) is 2.67. The summed E-state index contributed by atoms with van der Waals surface area (Å²) in [5.74, 6) is 0. The summed E-state index contributed by atoms with van der Waals surface area (Å²) in [4.78, 5) is 3.98. The molecule has 0 radical (unpaired) electrons. The van der Waals surface area contributed by atoms with Gasteiger partial charge in [0.25, 0.3) is 0 Å². The molecule has 1 heterocycles. The molecular weight excluding hydrogens is 134 g/mol.